The lowest BCUT2D eigenvalue weighted by Gasteiger charge is -2.35. The molecule has 2 heterocycles. The monoisotopic (exact) mass is 500 g/mol. The van der Waals surface area contributed by atoms with Crippen molar-refractivity contribution >= 4 is 28.8 Å². The fourth-order valence-electron chi connectivity index (χ4n) is 5.97. The summed E-state index contributed by atoms with van der Waals surface area (Å²) in [5, 5.41) is 23.4. The van der Waals surface area contributed by atoms with Gasteiger partial charge in [0.1, 0.15) is 0 Å². The van der Waals surface area contributed by atoms with Gasteiger partial charge in [-0.15, -0.1) is 11.3 Å². The molecule has 192 valence electrons. The first kappa shape index (κ1) is 26.1. The van der Waals surface area contributed by atoms with Crippen LogP contribution in [0.3, 0.4) is 0 Å². The molecule has 1 aliphatic heterocycles. The van der Waals surface area contributed by atoms with Crippen molar-refractivity contribution in [1.29, 1.82) is 0 Å². The zero-order valence-electron chi connectivity index (χ0n) is 21.1. The predicted molar refractivity (Wildman–Crippen MR) is 140 cm³/mol. The number of rotatable bonds is 9. The maximum atomic E-state index is 12.1. The van der Waals surface area contributed by atoms with Crippen LogP contribution in [-0.4, -0.2) is 52.7 Å². The predicted octanol–water partition coefficient (Wildman–Crippen LogP) is 5.55. The molecule has 2 fully saturated rings. The molecule has 0 aromatic carbocycles. The third kappa shape index (κ3) is 6.07. The van der Waals surface area contributed by atoms with Gasteiger partial charge in [0.2, 0.25) is 0 Å². The molecule has 1 aromatic rings. The second-order valence-corrected chi connectivity index (χ2v) is 11.9. The summed E-state index contributed by atoms with van der Waals surface area (Å²) in [5.74, 6) is -1.09. The number of likely N-dealkylation sites (tertiary alicyclic amines) is 1. The van der Waals surface area contributed by atoms with E-state index in [1.165, 1.54) is 69.5 Å². The molecule has 35 heavy (non-hydrogen) atoms. The summed E-state index contributed by atoms with van der Waals surface area (Å²) in [6, 6.07) is 4.62. The van der Waals surface area contributed by atoms with E-state index in [0.717, 1.165) is 22.9 Å². The lowest BCUT2D eigenvalue weighted by molar-refractivity contribution is -0.146. The number of carbonyl (C=O) groups is 2. The Morgan fingerprint density at radius 3 is 2.46 bits per heavy atom. The van der Waals surface area contributed by atoms with Gasteiger partial charge in [-0.3, -0.25) is 4.79 Å². The van der Waals surface area contributed by atoms with Crippen molar-refractivity contribution in [1.82, 2.24) is 10.2 Å². The number of hydrogen-bond acceptors (Lipinski definition) is 5. The first-order valence-corrected chi connectivity index (χ1v) is 14.1. The van der Waals surface area contributed by atoms with Crippen LogP contribution in [0.25, 0.3) is 5.57 Å². The van der Waals surface area contributed by atoms with Gasteiger partial charge in [0.05, 0.1) is 5.41 Å². The van der Waals surface area contributed by atoms with Gasteiger partial charge in [-0.05, 0) is 87.7 Å². The van der Waals surface area contributed by atoms with Gasteiger partial charge in [-0.2, -0.15) is 0 Å². The molecular weight excluding hydrogens is 460 g/mol. The second kappa shape index (κ2) is 11.4. The van der Waals surface area contributed by atoms with Crippen LogP contribution in [0.5, 0.6) is 0 Å². The lowest BCUT2D eigenvalue weighted by Crippen LogP contribution is -2.43. The summed E-state index contributed by atoms with van der Waals surface area (Å²) in [6.07, 6.45) is 11.6. The number of carboxylic acid groups (broad SMARTS) is 2. The van der Waals surface area contributed by atoms with Gasteiger partial charge in [0.25, 0.3) is 0 Å². The van der Waals surface area contributed by atoms with Gasteiger partial charge in [-0.1, -0.05) is 32.3 Å². The average molecular weight is 501 g/mol. The molecular formula is C28H40N2O4S. The van der Waals surface area contributed by atoms with Crippen LogP contribution in [0, 0.1) is 11.3 Å². The Balaban J connectivity index is 1.36. The number of allylic oxidation sites excluding steroid dienone is 2. The number of hydrogen-bond donors (Lipinski definition) is 3. The van der Waals surface area contributed by atoms with Crippen LogP contribution in [-0.2, 0) is 16.1 Å². The Bertz CT molecular complexity index is 983. The van der Waals surface area contributed by atoms with Gasteiger partial charge >= 0.3 is 11.9 Å². The summed E-state index contributed by atoms with van der Waals surface area (Å²) in [5.41, 5.74) is 0.468. The summed E-state index contributed by atoms with van der Waals surface area (Å²) in [4.78, 5) is 28.8. The number of nitrogens with zero attached hydrogens (tertiary/aromatic N) is 1. The number of carboxylic acids is 2. The Morgan fingerprint density at radius 1 is 1.11 bits per heavy atom. The second-order valence-electron chi connectivity index (χ2n) is 10.7. The van der Waals surface area contributed by atoms with E-state index in [2.05, 4.69) is 16.3 Å². The topological polar surface area (TPSA) is 89.9 Å². The lowest BCUT2D eigenvalue weighted by atomic mass is 9.71. The van der Waals surface area contributed by atoms with Crippen molar-refractivity contribution in [3.05, 3.63) is 39.1 Å². The normalized spacial score (nSPS) is 25.0. The van der Waals surface area contributed by atoms with Gasteiger partial charge in [-0.25, -0.2) is 4.79 Å². The molecule has 1 aromatic heterocycles. The van der Waals surface area contributed by atoms with E-state index in [0.29, 0.717) is 18.0 Å². The fourth-order valence-corrected chi connectivity index (χ4v) is 7.00. The highest BCUT2D eigenvalue weighted by atomic mass is 32.1. The number of piperidine rings is 1. The van der Waals surface area contributed by atoms with E-state index in [1.807, 2.05) is 13.0 Å². The van der Waals surface area contributed by atoms with Crippen LogP contribution >= 0.6 is 11.3 Å². The Morgan fingerprint density at radius 2 is 1.83 bits per heavy atom. The molecule has 1 unspecified atom stereocenters. The maximum Gasteiger partial charge on any atom is 0.331 e. The molecule has 6 nitrogen and oxygen atoms in total. The van der Waals surface area contributed by atoms with Crippen molar-refractivity contribution in [3.63, 3.8) is 0 Å². The van der Waals surface area contributed by atoms with Gasteiger partial charge in [0, 0.05) is 34.5 Å². The highest BCUT2D eigenvalue weighted by molar-refractivity contribution is 7.13. The van der Waals surface area contributed by atoms with Crippen LogP contribution in [0.2, 0.25) is 0 Å². The largest absolute Gasteiger partial charge is 0.481 e. The Hall–Kier alpha value is -1.96. The molecule has 1 saturated carbocycles. The summed E-state index contributed by atoms with van der Waals surface area (Å²) in [6.45, 7) is 8.02. The third-order valence-electron chi connectivity index (χ3n) is 8.41. The minimum absolute atomic E-state index is 0.0305. The van der Waals surface area contributed by atoms with E-state index in [-0.39, 0.29) is 12.0 Å². The van der Waals surface area contributed by atoms with E-state index in [1.54, 1.807) is 24.3 Å². The first-order chi connectivity index (χ1) is 16.8. The fraction of sp³-hybridized carbons (Fsp3) is 0.643. The SMILES string of the molecule is CCC1(C(=O)O)C=C(c2ccc(CNC3CCN(CC4CCCCC4)CC3)s2)C(C)=C(C(=O)O)C1. The molecule has 2 aliphatic carbocycles. The minimum atomic E-state index is -1.17. The molecule has 0 radical (unpaired) electrons. The van der Waals surface area contributed by atoms with Crippen molar-refractivity contribution < 1.29 is 19.8 Å². The van der Waals surface area contributed by atoms with Crippen LogP contribution in [0.1, 0.15) is 81.4 Å². The van der Waals surface area contributed by atoms with E-state index in [4.69, 9.17) is 0 Å². The van der Waals surface area contributed by atoms with Gasteiger partial charge in [0.15, 0.2) is 0 Å². The number of thiophene rings is 1. The Labute approximate surface area is 213 Å². The number of nitrogens with one attached hydrogen (secondary N) is 1. The molecule has 3 aliphatic rings. The number of aliphatic carboxylic acids is 2. The molecule has 0 bridgehead atoms. The van der Waals surface area contributed by atoms with Gasteiger partial charge < -0.3 is 20.4 Å². The minimum Gasteiger partial charge on any atom is -0.481 e. The summed E-state index contributed by atoms with van der Waals surface area (Å²) in [7, 11) is 0. The zero-order valence-corrected chi connectivity index (χ0v) is 22.0. The van der Waals surface area contributed by atoms with Crippen molar-refractivity contribution in [2.24, 2.45) is 11.3 Å². The molecule has 1 saturated heterocycles. The smallest absolute Gasteiger partial charge is 0.331 e. The maximum absolute atomic E-state index is 12.1. The Kier molecular flexibility index (Phi) is 8.50. The standard InChI is InChI=1S/C28H40N2O4S/c1-3-28(27(33)34)15-23(19(2)24(16-28)26(31)32)25-10-9-22(35-25)17-29-21-11-13-30(14-12-21)18-20-7-5-4-6-8-20/h9-10,15,20-21,29H,3-8,11-14,16-18H2,1-2H3,(H,31,32)(H,33,34). The van der Waals surface area contributed by atoms with Crippen LogP contribution < -0.4 is 5.32 Å². The third-order valence-corrected chi connectivity index (χ3v) is 9.52. The zero-order chi connectivity index (χ0) is 25.0. The highest BCUT2D eigenvalue weighted by Gasteiger charge is 2.41. The van der Waals surface area contributed by atoms with E-state index < -0.39 is 17.4 Å². The quantitative estimate of drug-likeness (QED) is 0.412. The van der Waals surface area contributed by atoms with Crippen molar-refractivity contribution in [3.8, 4) is 0 Å². The molecule has 4 rings (SSSR count). The molecule has 0 amide bonds. The molecule has 0 spiro atoms. The first-order valence-electron chi connectivity index (χ1n) is 13.3. The highest BCUT2D eigenvalue weighted by Crippen LogP contribution is 2.45. The summed E-state index contributed by atoms with van der Waals surface area (Å²) >= 11 is 1.63. The molecule has 7 heteroatoms. The van der Waals surface area contributed by atoms with Crippen molar-refractivity contribution in [2.75, 3.05) is 19.6 Å². The van der Waals surface area contributed by atoms with Crippen LogP contribution in [0.15, 0.2) is 29.4 Å². The van der Waals surface area contributed by atoms with Crippen LogP contribution in [0.4, 0.5) is 0 Å². The molecule has 3 N–H and O–H groups in total. The van der Waals surface area contributed by atoms with Crippen molar-refractivity contribution in [2.45, 2.75) is 84.2 Å². The van der Waals surface area contributed by atoms with E-state index >= 15 is 0 Å². The van der Waals surface area contributed by atoms with E-state index in [9.17, 15) is 19.8 Å². The summed E-state index contributed by atoms with van der Waals surface area (Å²) < 4.78 is 0. The molecule has 1 atom stereocenters. The average Bonchev–Trinajstić information content (AvgIpc) is 3.33.